The Morgan fingerprint density at radius 3 is 2.42 bits per heavy atom. The first kappa shape index (κ1) is 7.32. The van der Waals surface area contributed by atoms with Gasteiger partial charge in [-0.2, -0.15) is 0 Å². The second kappa shape index (κ2) is 2.95. The zero-order valence-electron chi connectivity index (χ0n) is 6.70. The van der Waals surface area contributed by atoms with E-state index in [1.807, 2.05) is 18.2 Å². The fraction of sp³-hybridized carbons (Fsp3) is 0. The van der Waals surface area contributed by atoms with Gasteiger partial charge in [-0.1, -0.05) is 36.4 Å². The van der Waals surface area contributed by atoms with Gasteiger partial charge < -0.3 is 5.73 Å². The molecule has 2 aromatic rings. The van der Waals surface area contributed by atoms with Crippen LogP contribution in [0.5, 0.6) is 0 Å². The maximum atomic E-state index is 5.42. The molecular formula is C11H10N. The van der Waals surface area contributed by atoms with Gasteiger partial charge in [-0.15, -0.1) is 0 Å². The number of benzene rings is 2. The Labute approximate surface area is 71.8 Å². The summed E-state index contributed by atoms with van der Waals surface area (Å²) in [7, 11) is 0. The molecule has 0 saturated heterocycles. The molecular weight excluding hydrogens is 146 g/mol. The van der Waals surface area contributed by atoms with Crippen LogP contribution in [-0.4, -0.2) is 0 Å². The number of hydrogen-bond donors (Lipinski definition) is 1. The molecule has 59 valence electrons. The molecule has 0 heterocycles. The second-order valence-corrected chi connectivity index (χ2v) is 2.77. The van der Waals surface area contributed by atoms with Crippen LogP contribution >= 0.6 is 0 Å². The number of rotatable bonds is 1. The normalized spacial score (nSPS) is 10.4. The van der Waals surface area contributed by atoms with E-state index in [4.69, 9.17) is 5.73 Å². The molecule has 0 aliphatic rings. The van der Waals surface area contributed by atoms with Gasteiger partial charge in [0.25, 0.3) is 0 Å². The van der Waals surface area contributed by atoms with Crippen molar-refractivity contribution < 1.29 is 0 Å². The highest BCUT2D eigenvalue weighted by Crippen LogP contribution is 2.15. The van der Waals surface area contributed by atoms with Gasteiger partial charge in [0, 0.05) is 6.54 Å². The summed E-state index contributed by atoms with van der Waals surface area (Å²) in [5.41, 5.74) is 6.48. The fourth-order valence-electron chi connectivity index (χ4n) is 1.31. The molecule has 0 atom stereocenters. The van der Waals surface area contributed by atoms with Gasteiger partial charge >= 0.3 is 0 Å². The third-order valence-corrected chi connectivity index (χ3v) is 1.97. The standard InChI is InChI=1S/C11H10N/c12-8-9-5-6-10-3-1-2-4-11(10)7-9/h1-8H,12H2. The van der Waals surface area contributed by atoms with Crippen molar-refractivity contribution in [3.63, 3.8) is 0 Å². The van der Waals surface area contributed by atoms with Gasteiger partial charge in [-0.3, -0.25) is 0 Å². The average Bonchev–Trinajstić information content (AvgIpc) is 2.17. The molecule has 0 bridgehead atoms. The van der Waals surface area contributed by atoms with Crippen molar-refractivity contribution in [1.29, 1.82) is 0 Å². The fourth-order valence-corrected chi connectivity index (χ4v) is 1.31. The third-order valence-electron chi connectivity index (χ3n) is 1.97. The van der Waals surface area contributed by atoms with Crippen molar-refractivity contribution in [3.05, 3.63) is 54.6 Å². The highest BCUT2D eigenvalue weighted by Gasteiger charge is 1.92. The summed E-state index contributed by atoms with van der Waals surface area (Å²) >= 11 is 0. The van der Waals surface area contributed by atoms with Gasteiger partial charge in [-0.25, -0.2) is 0 Å². The smallest absolute Gasteiger partial charge is 0.0491 e. The number of fused-ring (bicyclic) bond motifs is 1. The highest BCUT2D eigenvalue weighted by atomic mass is 14.5. The predicted octanol–water partition coefficient (Wildman–Crippen LogP) is 2.31. The molecule has 0 aliphatic carbocycles. The van der Waals surface area contributed by atoms with Gasteiger partial charge in [0.15, 0.2) is 0 Å². The summed E-state index contributed by atoms with van der Waals surface area (Å²) < 4.78 is 0. The number of hydrogen-bond acceptors (Lipinski definition) is 1. The topological polar surface area (TPSA) is 26.0 Å². The Hall–Kier alpha value is -1.34. The molecule has 2 N–H and O–H groups in total. The summed E-state index contributed by atoms with van der Waals surface area (Å²) in [4.78, 5) is 0. The monoisotopic (exact) mass is 156 g/mol. The summed E-state index contributed by atoms with van der Waals surface area (Å²) in [5, 5.41) is 2.49. The van der Waals surface area contributed by atoms with Crippen LogP contribution in [0.1, 0.15) is 5.56 Å². The zero-order chi connectivity index (χ0) is 8.39. The Balaban J connectivity index is 2.67. The van der Waals surface area contributed by atoms with Crippen LogP contribution in [0, 0.1) is 6.54 Å². The van der Waals surface area contributed by atoms with Crippen LogP contribution in [0.15, 0.2) is 42.5 Å². The molecule has 0 aromatic heterocycles. The first-order chi connectivity index (χ1) is 5.90. The van der Waals surface area contributed by atoms with E-state index in [9.17, 15) is 0 Å². The van der Waals surface area contributed by atoms with E-state index in [0.29, 0.717) is 0 Å². The summed E-state index contributed by atoms with van der Waals surface area (Å²) in [6.07, 6.45) is 0. The molecule has 0 amide bonds. The van der Waals surface area contributed by atoms with Crippen molar-refractivity contribution in [3.8, 4) is 0 Å². The Bertz CT molecular complexity index is 393. The number of nitrogens with two attached hydrogens (primary N) is 1. The molecule has 1 heteroatoms. The lowest BCUT2D eigenvalue weighted by Gasteiger charge is -1.99. The van der Waals surface area contributed by atoms with E-state index in [1.165, 1.54) is 10.8 Å². The van der Waals surface area contributed by atoms with Crippen molar-refractivity contribution in [2.24, 2.45) is 5.73 Å². The van der Waals surface area contributed by atoms with Crippen molar-refractivity contribution in [2.75, 3.05) is 0 Å². The molecule has 0 aliphatic heterocycles. The van der Waals surface area contributed by atoms with Crippen molar-refractivity contribution in [1.82, 2.24) is 0 Å². The predicted molar refractivity (Wildman–Crippen MR) is 51.5 cm³/mol. The van der Waals surface area contributed by atoms with E-state index in [0.717, 1.165) is 5.56 Å². The van der Waals surface area contributed by atoms with Crippen LogP contribution in [0.25, 0.3) is 10.8 Å². The lowest BCUT2D eigenvalue weighted by atomic mass is 10.1. The van der Waals surface area contributed by atoms with E-state index in [1.54, 1.807) is 6.54 Å². The molecule has 12 heavy (non-hydrogen) atoms. The first-order valence-corrected chi connectivity index (χ1v) is 3.94. The first-order valence-electron chi connectivity index (χ1n) is 3.94. The minimum absolute atomic E-state index is 1.06. The summed E-state index contributed by atoms with van der Waals surface area (Å²) in [6.45, 7) is 1.62. The summed E-state index contributed by atoms with van der Waals surface area (Å²) in [6, 6.07) is 14.4. The third kappa shape index (κ3) is 1.19. The maximum Gasteiger partial charge on any atom is 0.0491 e. The quantitative estimate of drug-likeness (QED) is 0.673. The van der Waals surface area contributed by atoms with E-state index >= 15 is 0 Å². The van der Waals surface area contributed by atoms with Crippen LogP contribution < -0.4 is 5.73 Å². The van der Waals surface area contributed by atoms with E-state index in [-0.39, 0.29) is 0 Å². The van der Waals surface area contributed by atoms with Crippen LogP contribution in [0.3, 0.4) is 0 Å². The SMILES string of the molecule is N[CH]c1ccc2ccccc2c1. The molecule has 1 nitrogen and oxygen atoms in total. The lowest BCUT2D eigenvalue weighted by molar-refractivity contribution is 1.36. The van der Waals surface area contributed by atoms with Crippen molar-refractivity contribution in [2.45, 2.75) is 0 Å². The molecule has 0 saturated carbocycles. The molecule has 0 fully saturated rings. The minimum atomic E-state index is 1.06. The molecule has 2 rings (SSSR count). The Morgan fingerprint density at radius 2 is 1.67 bits per heavy atom. The van der Waals surface area contributed by atoms with E-state index < -0.39 is 0 Å². The molecule has 0 spiro atoms. The van der Waals surface area contributed by atoms with Gasteiger partial charge in [0.2, 0.25) is 0 Å². The Morgan fingerprint density at radius 1 is 0.917 bits per heavy atom. The largest absolute Gasteiger partial charge is 0.322 e. The minimum Gasteiger partial charge on any atom is -0.322 e. The summed E-state index contributed by atoms with van der Waals surface area (Å²) in [5.74, 6) is 0. The average molecular weight is 156 g/mol. The highest BCUT2D eigenvalue weighted by molar-refractivity contribution is 5.83. The van der Waals surface area contributed by atoms with Crippen molar-refractivity contribution >= 4 is 10.8 Å². The van der Waals surface area contributed by atoms with Crippen LogP contribution in [-0.2, 0) is 0 Å². The molecule has 0 unspecified atom stereocenters. The van der Waals surface area contributed by atoms with Gasteiger partial charge in [0.1, 0.15) is 0 Å². The van der Waals surface area contributed by atoms with Gasteiger partial charge in [0.05, 0.1) is 0 Å². The van der Waals surface area contributed by atoms with E-state index in [2.05, 4.69) is 24.3 Å². The zero-order valence-corrected chi connectivity index (χ0v) is 6.70. The maximum absolute atomic E-state index is 5.42. The lowest BCUT2D eigenvalue weighted by Crippen LogP contribution is -1.91. The molecule has 1 radical (unpaired) electrons. The Kier molecular flexibility index (Phi) is 1.80. The van der Waals surface area contributed by atoms with Crippen LogP contribution in [0.2, 0.25) is 0 Å². The van der Waals surface area contributed by atoms with Gasteiger partial charge in [-0.05, 0) is 22.4 Å². The molecule has 2 aromatic carbocycles. The second-order valence-electron chi connectivity index (χ2n) is 2.77. The van der Waals surface area contributed by atoms with Crippen LogP contribution in [0.4, 0.5) is 0 Å².